The summed E-state index contributed by atoms with van der Waals surface area (Å²) in [5, 5.41) is 4.14. The summed E-state index contributed by atoms with van der Waals surface area (Å²) in [6.45, 7) is 4.12. The maximum atomic E-state index is 5.99. The highest BCUT2D eigenvalue weighted by Gasteiger charge is 2.08. The SMILES string of the molecule is Cc1cc(Br)cnc1NC(C)c1cccc(Cl)c1. The summed E-state index contributed by atoms with van der Waals surface area (Å²) in [6, 6.07) is 10.1. The molecule has 0 spiro atoms. The number of nitrogens with one attached hydrogen (secondary N) is 1. The Labute approximate surface area is 121 Å². The van der Waals surface area contributed by atoms with Crippen molar-refractivity contribution in [2.75, 3.05) is 5.32 Å². The Morgan fingerprint density at radius 1 is 1.33 bits per heavy atom. The number of anilines is 1. The van der Waals surface area contributed by atoms with Crippen LogP contribution >= 0.6 is 27.5 Å². The van der Waals surface area contributed by atoms with Crippen LogP contribution < -0.4 is 5.32 Å². The second kappa shape index (κ2) is 5.72. The maximum absolute atomic E-state index is 5.99. The summed E-state index contributed by atoms with van der Waals surface area (Å²) in [4.78, 5) is 4.37. The number of hydrogen-bond acceptors (Lipinski definition) is 2. The van der Waals surface area contributed by atoms with Crippen molar-refractivity contribution in [2.24, 2.45) is 0 Å². The largest absolute Gasteiger partial charge is 0.363 e. The summed E-state index contributed by atoms with van der Waals surface area (Å²) in [6.07, 6.45) is 1.79. The molecule has 0 saturated carbocycles. The molecular weight excluding hydrogens is 312 g/mol. The van der Waals surface area contributed by atoms with Crippen molar-refractivity contribution in [3.63, 3.8) is 0 Å². The zero-order chi connectivity index (χ0) is 13.1. The van der Waals surface area contributed by atoms with Gasteiger partial charge in [-0.1, -0.05) is 23.7 Å². The second-order valence-electron chi connectivity index (χ2n) is 4.24. The molecule has 1 aromatic heterocycles. The van der Waals surface area contributed by atoms with E-state index in [9.17, 15) is 0 Å². The van der Waals surface area contributed by atoms with Crippen LogP contribution in [0, 0.1) is 6.92 Å². The Balaban J connectivity index is 2.18. The summed E-state index contributed by atoms with van der Waals surface area (Å²) >= 11 is 9.40. The molecule has 94 valence electrons. The van der Waals surface area contributed by atoms with Crippen LogP contribution in [0.2, 0.25) is 5.02 Å². The third-order valence-corrected chi connectivity index (χ3v) is 3.42. The Morgan fingerprint density at radius 2 is 2.11 bits per heavy atom. The lowest BCUT2D eigenvalue weighted by atomic mass is 10.1. The van der Waals surface area contributed by atoms with Gasteiger partial charge < -0.3 is 5.32 Å². The molecule has 1 aromatic carbocycles. The molecule has 0 radical (unpaired) electrons. The smallest absolute Gasteiger partial charge is 0.129 e. The average Bonchev–Trinajstić information content (AvgIpc) is 2.32. The van der Waals surface area contributed by atoms with Gasteiger partial charge in [0.05, 0.1) is 0 Å². The van der Waals surface area contributed by atoms with E-state index in [0.717, 1.165) is 26.4 Å². The van der Waals surface area contributed by atoms with E-state index in [1.165, 1.54) is 0 Å². The first-order chi connectivity index (χ1) is 8.56. The third kappa shape index (κ3) is 3.24. The van der Waals surface area contributed by atoms with Crippen LogP contribution in [-0.2, 0) is 0 Å². The van der Waals surface area contributed by atoms with Crippen LogP contribution in [-0.4, -0.2) is 4.98 Å². The number of nitrogens with zero attached hydrogens (tertiary/aromatic N) is 1. The van der Waals surface area contributed by atoms with E-state index in [1.54, 1.807) is 6.20 Å². The highest BCUT2D eigenvalue weighted by atomic mass is 79.9. The minimum Gasteiger partial charge on any atom is -0.363 e. The fourth-order valence-electron chi connectivity index (χ4n) is 1.76. The molecule has 2 nitrogen and oxygen atoms in total. The van der Waals surface area contributed by atoms with Gasteiger partial charge in [-0.2, -0.15) is 0 Å². The van der Waals surface area contributed by atoms with Gasteiger partial charge in [-0.15, -0.1) is 0 Å². The van der Waals surface area contributed by atoms with Crippen LogP contribution in [0.3, 0.4) is 0 Å². The van der Waals surface area contributed by atoms with Gasteiger partial charge in [0.25, 0.3) is 0 Å². The predicted molar refractivity (Wildman–Crippen MR) is 80.2 cm³/mol. The Bertz CT molecular complexity index is 557. The fourth-order valence-corrected chi connectivity index (χ4v) is 2.40. The standard InChI is InChI=1S/C14H14BrClN2/c1-9-6-12(15)8-17-14(9)18-10(2)11-4-3-5-13(16)7-11/h3-8,10H,1-2H3,(H,17,18). The number of aromatic nitrogens is 1. The van der Waals surface area contributed by atoms with Crippen molar-refractivity contribution in [3.8, 4) is 0 Å². The van der Waals surface area contributed by atoms with Gasteiger partial charge in [0.2, 0.25) is 0 Å². The summed E-state index contributed by atoms with van der Waals surface area (Å²) in [5.74, 6) is 0.894. The van der Waals surface area contributed by atoms with Gasteiger partial charge >= 0.3 is 0 Å². The molecule has 1 unspecified atom stereocenters. The number of rotatable bonds is 3. The lowest BCUT2D eigenvalue weighted by Gasteiger charge is -2.16. The van der Waals surface area contributed by atoms with Crippen LogP contribution in [0.25, 0.3) is 0 Å². The van der Waals surface area contributed by atoms with E-state index < -0.39 is 0 Å². The zero-order valence-electron chi connectivity index (χ0n) is 10.2. The quantitative estimate of drug-likeness (QED) is 0.861. The molecule has 2 rings (SSSR count). The maximum Gasteiger partial charge on any atom is 0.129 e. The van der Waals surface area contributed by atoms with Gasteiger partial charge in [0, 0.05) is 21.7 Å². The molecule has 1 heterocycles. The number of halogens is 2. The first-order valence-electron chi connectivity index (χ1n) is 5.70. The predicted octanol–water partition coefficient (Wildman–Crippen LogP) is 4.98. The van der Waals surface area contributed by atoms with Crippen molar-refractivity contribution in [2.45, 2.75) is 19.9 Å². The molecule has 0 aliphatic rings. The van der Waals surface area contributed by atoms with E-state index in [4.69, 9.17) is 11.6 Å². The summed E-state index contributed by atoms with van der Waals surface area (Å²) in [7, 11) is 0. The first kappa shape index (κ1) is 13.4. The Morgan fingerprint density at radius 3 is 2.78 bits per heavy atom. The topological polar surface area (TPSA) is 24.9 Å². The highest BCUT2D eigenvalue weighted by molar-refractivity contribution is 9.10. The second-order valence-corrected chi connectivity index (χ2v) is 5.59. The first-order valence-corrected chi connectivity index (χ1v) is 6.87. The lowest BCUT2D eigenvalue weighted by Crippen LogP contribution is -2.09. The zero-order valence-corrected chi connectivity index (χ0v) is 12.6. The molecule has 18 heavy (non-hydrogen) atoms. The molecule has 1 N–H and O–H groups in total. The van der Waals surface area contributed by atoms with Crippen molar-refractivity contribution in [1.82, 2.24) is 4.98 Å². The molecule has 4 heteroatoms. The van der Waals surface area contributed by atoms with Crippen LogP contribution in [0.15, 0.2) is 41.0 Å². The van der Waals surface area contributed by atoms with E-state index in [0.29, 0.717) is 0 Å². The van der Waals surface area contributed by atoms with Gasteiger partial charge in [-0.25, -0.2) is 4.98 Å². The van der Waals surface area contributed by atoms with Gasteiger partial charge in [-0.05, 0) is 59.1 Å². The van der Waals surface area contributed by atoms with E-state index in [-0.39, 0.29) is 6.04 Å². The number of aryl methyl sites for hydroxylation is 1. The number of pyridine rings is 1. The minimum atomic E-state index is 0.163. The number of benzene rings is 1. The molecule has 0 bridgehead atoms. The normalized spacial score (nSPS) is 12.2. The molecule has 0 saturated heterocycles. The van der Waals surface area contributed by atoms with Crippen LogP contribution in [0.4, 0.5) is 5.82 Å². The lowest BCUT2D eigenvalue weighted by molar-refractivity contribution is 0.871. The van der Waals surface area contributed by atoms with Gasteiger partial charge in [-0.3, -0.25) is 0 Å². The van der Waals surface area contributed by atoms with Crippen molar-refractivity contribution in [1.29, 1.82) is 0 Å². The Hall–Kier alpha value is -1.06. The molecule has 2 aromatic rings. The average molecular weight is 326 g/mol. The molecule has 0 amide bonds. The minimum absolute atomic E-state index is 0.163. The highest BCUT2D eigenvalue weighted by Crippen LogP contribution is 2.23. The Kier molecular flexibility index (Phi) is 4.25. The van der Waals surface area contributed by atoms with E-state index >= 15 is 0 Å². The van der Waals surface area contributed by atoms with E-state index in [2.05, 4.69) is 39.2 Å². The molecular formula is C14H14BrClN2. The van der Waals surface area contributed by atoms with Crippen LogP contribution in [0.1, 0.15) is 24.1 Å². The molecule has 0 aliphatic carbocycles. The van der Waals surface area contributed by atoms with Gasteiger partial charge in [0.15, 0.2) is 0 Å². The van der Waals surface area contributed by atoms with Crippen molar-refractivity contribution >= 4 is 33.3 Å². The van der Waals surface area contributed by atoms with Crippen molar-refractivity contribution < 1.29 is 0 Å². The van der Waals surface area contributed by atoms with E-state index in [1.807, 2.05) is 31.2 Å². The summed E-state index contributed by atoms with van der Waals surface area (Å²) < 4.78 is 0.987. The van der Waals surface area contributed by atoms with Gasteiger partial charge in [0.1, 0.15) is 5.82 Å². The monoisotopic (exact) mass is 324 g/mol. The van der Waals surface area contributed by atoms with Crippen molar-refractivity contribution in [3.05, 3.63) is 57.2 Å². The summed E-state index contributed by atoms with van der Waals surface area (Å²) in [5.41, 5.74) is 2.25. The fraction of sp³-hybridized carbons (Fsp3) is 0.214. The van der Waals surface area contributed by atoms with Crippen LogP contribution in [0.5, 0.6) is 0 Å². The molecule has 0 fully saturated rings. The molecule has 1 atom stereocenters. The number of hydrogen-bond donors (Lipinski definition) is 1. The third-order valence-electron chi connectivity index (χ3n) is 2.75. The molecule has 0 aliphatic heterocycles.